The van der Waals surface area contributed by atoms with Gasteiger partial charge < -0.3 is 10.4 Å². The molecule has 4 nitrogen and oxygen atoms in total. The molecule has 0 atom stereocenters. The van der Waals surface area contributed by atoms with Gasteiger partial charge in [-0.1, -0.05) is 25.5 Å². The van der Waals surface area contributed by atoms with Crippen LogP contribution in [0.25, 0.3) is 6.08 Å². The molecule has 94 valence electrons. The Bertz CT molecular complexity index is 470. The third-order valence-electron chi connectivity index (χ3n) is 2.39. The summed E-state index contributed by atoms with van der Waals surface area (Å²) in [5.74, 6) is -0.211. The van der Waals surface area contributed by atoms with Crippen LogP contribution in [0.15, 0.2) is 29.8 Å². The number of benzene rings is 1. The maximum absolute atomic E-state index is 11.7. The minimum atomic E-state index is -0.362. The number of phenolic OH excluding ortho intramolecular Hbond substituents is 1. The molecule has 0 heterocycles. The van der Waals surface area contributed by atoms with Crippen molar-refractivity contribution >= 4 is 12.0 Å². The first kappa shape index (κ1) is 13.8. The fraction of sp³-hybridized carbons (Fsp3) is 0.286. The fourth-order valence-electron chi connectivity index (χ4n) is 1.36. The van der Waals surface area contributed by atoms with E-state index >= 15 is 0 Å². The molecule has 0 aliphatic rings. The molecule has 0 spiro atoms. The minimum Gasteiger partial charge on any atom is -0.508 e. The summed E-state index contributed by atoms with van der Waals surface area (Å²) < 4.78 is 0. The molecule has 0 unspecified atom stereocenters. The van der Waals surface area contributed by atoms with E-state index < -0.39 is 0 Å². The molecule has 4 heteroatoms. The highest BCUT2D eigenvalue weighted by Crippen LogP contribution is 2.12. The van der Waals surface area contributed by atoms with Crippen LogP contribution >= 0.6 is 0 Å². The summed E-state index contributed by atoms with van der Waals surface area (Å²) in [6, 6.07) is 8.19. The second-order valence-corrected chi connectivity index (χ2v) is 3.87. The number of carbonyl (C=O) groups excluding carboxylic acids is 1. The van der Waals surface area contributed by atoms with Gasteiger partial charge in [0.15, 0.2) is 0 Å². The van der Waals surface area contributed by atoms with Gasteiger partial charge in [0.1, 0.15) is 17.4 Å². The number of hydrogen-bond acceptors (Lipinski definition) is 3. The number of nitrogens with zero attached hydrogens (tertiary/aromatic N) is 1. The maximum Gasteiger partial charge on any atom is 0.261 e. The predicted octanol–water partition coefficient (Wildman–Crippen LogP) is 2.22. The van der Waals surface area contributed by atoms with Gasteiger partial charge >= 0.3 is 0 Å². The average Bonchev–Trinajstić information content (AvgIpc) is 2.38. The Morgan fingerprint density at radius 2 is 2.11 bits per heavy atom. The molecule has 2 N–H and O–H groups in total. The Hall–Kier alpha value is -2.28. The van der Waals surface area contributed by atoms with Gasteiger partial charge in [-0.15, -0.1) is 0 Å². The normalized spacial score (nSPS) is 10.8. The number of aromatic hydroxyl groups is 1. The number of nitrogens with one attached hydrogen (secondary N) is 1. The molecule has 1 rings (SSSR count). The molecule has 1 amide bonds. The Kier molecular flexibility index (Phi) is 5.46. The van der Waals surface area contributed by atoms with Gasteiger partial charge in [-0.25, -0.2) is 0 Å². The molecule has 0 fully saturated rings. The number of unbranched alkanes of at least 4 members (excludes halogenated alkanes) is 1. The van der Waals surface area contributed by atoms with E-state index in [1.165, 1.54) is 18.2 Å². The number of phenols is 1. The van der Waals surface area contributed by atoms with Gasteiger partial charge in [0, 0.05) is 6.54 Å². The standard InChI is InChI=1S/C14H16N2O2/c1-2-3-8-16-14(18)12(10-15)9-11-4-6-13(17)7-5-11/h4-7,9,17H,2-3,8H2,1H3,(H,16,18)/b12-9+. The van der Waals surface area contributed by atoms with E-state index in [1.54, 1.807) is 12.1 Å². The second-order valence-electron chi connectivity index (χ2n) is 3.87. The molecule has 18 heavy (non-hydrogen) atoms. The molecule has 0 radical (unpaired) electrons. The molecular formula is C14H16N2O2. The third kappa shape index (κ3) is 4.30. The number of hydrogen-bond donors (Lipinski definition) is 2. The van der Waals surface area contributed by atoms with E-state index in [4.69, 9.17) is 10.4 Å². The lowest BCUT2D eigenvalue weighted by Gasteiger charge is -2.02. The molecular weight excluding hydrogens is 228 g/mol. The third-order valence-corrected chi connectivity index (χ3v) is 2.39. The van der Waals surface area contributed by atoms with Crippen LogP contribution in [0.5, 0.6) is 5.75 Å². The molecule has 1 aromatic carbocycles. The van der Waals surface area contributed by atoms with Crippen molar-refractivity contribution in [2.75, 3.05) is 6.54 Å². The van der Waals surface area contributed by atoms with E-state index in [-0.39, 0.29) is 17.2 Å². The summed E-state index contributed by atoms with van der Waals surface area (Å²) in [5, 5.41) is 20.8. The van der Waals surface area contributed by atoms with Crippen molar-refractivity contribution in [3.63, 3.8) is 0 Å². The Labute approximate surface area is 107 Å². The number of rotatable bonds is 5. The van der Waals surface area contributed by atoms with E-state index in [2.05, 4.69) is 5.32 Å². The van der Waals surface area contributed by atoms with Crippen molar-refractivity contribution < 1.29 is 9.90 Å². The number of nitriles is 1. The van der Waals surface area contributed by atoms with Gasteiger partial charge in [0.05, 0.1) is 0 Å². The van der Waals surface area contributed by atoms with Crippen molar-refractivity contribution in [2.45, 2.75) is 19.8 Å². The van der Waals surface area contributed by atoms with Crippen molar-refractivity contribution in [3.8, 4) is 11.8 Å². The number of carbonyl (C=O) groups is 1. The van der Waals surface area contributed by atoms with E-state index in [0.717, 1.165) is 12.8 Å². The minimum absolute atomic E-state index is 0.0665. The predicted molar refractivity (Wildman–Crippen MR) is 69.6 cm³/mol. The molecule has 0 bridgehead atoms. The van der Waals surface area contributed by atoms with Crippen molar-refractivity contribution in [3.05, 3.63) is 35.4 Å². The first-order valence-electron chi connectivity index (χ1n) is 5.86. The lowest BCUT2D eigenvalue weighted by Crippen LogP contribution is -2.25. The number of amides is 1. The van der Waals surface area contributed by atoms with Gasteiger partial charge in [0.2, 0.25) is 0 Å². The average molecular weight is 244 g/mol. The highest BCUT2D eigenvalue weighted by Gasteiger charge is 2.07. The van der Waals surface area contributed by atoms with Gasteiger partial charge in [-0.05, 0) is 30.2 Å². The largest absolute Gasteiger partial charge is 0.508 e. The summed E-state index contributed by atoms with van der Waals surface area (Å²) >= 11 is 0. The van der Waals surface area contributed by atoms with Gasteiger partial charge in [0.25, 0.3) is 5.91 Å². The molecule has 0 saturated carbocycles. The fourth-order valence-corrected chi connectivity index (χ4v) is 1.36. The smallest absolute Gasteiger partial charge is 0.261 e. The van der Waals surface area contributed by atoms with Crippen molar-refractivity contribution in [1.82, 2.24) is 5.32 Å². The molecule has 0 aliphatic carbocycles. The van der Waals surface area contributed by atoms with Crippen LogP contribution in [0.2, 0.25) is 0 Å². The van der Waals surface area contributed by atoms with Crippen LogP contribution in [0.4, 0.5) is 0 Å². The highest BCUT2D eigenvalue weighted by molar-refractivity contribution is 6.01. The summed E-state index contributed by atoms with van der Waals surface area (Å²) in [5.41, 5.74) is 0.770. The molecule has 0 saturated heterocycles. The van der Waals surface area contributed by atoms with Crippen molar-refractivity contribution in [2.24, 2.45) is 0 Å². The quantitative estimate of drug-likeness (QED) is 0.474. The van der Waals surface area contributed by atoms with Crippen LogP contribution < -0.4 is 5.32 Å². The zero-order valence-corrected chi connectivity index (χ0v) is 10.3. The first-order chi connectivity index (χ1) is 8.67. The van der Waals surface area contributed by atoms with Crippen LogP contribution in [0, 0.1) is 11.3 Å². The monoisotopic (exact) mass is 244 g/mol. The SMILES string of the molecule is CCCCNC(=O)/C(C#N)=C/c1ccc(O)cc1. The summed E-state index contributed by atoms with van der Waals surface area (Å²) in [6.45, 7) is 2.60. The van der Waals surface area contributed by atoms with E-state index in [9.17, 15) is 4.79 Å². The Morgan fingerprint density at radius 3 is 2.67 bits per heavy atom. The van der Waals surface area contributed by atoms with Crippen LogP contribution in [-0.2, 0) is 4.79 Å². The Morgan fingerprint density at radius 1 is 1.44 bits per heavy atom. The van der Waals surface area contributed by atoms with Crippen LogP contribution in [-0.4, -0.2) is 17.6 Å². The van der Waals surface area contributed by atoms with Crippen LogP contribution in [0.3, 0.4) is 0 Å². The second kappa shape index (κ2) is 7.13. The zero-order valence-electron chi connectivity index (χ0n) is 10.3. The molecule has 0 aliphatic heterocycles. The highest BCUT2D eigenvalue weighted by atomic mass is 16.3. The van der Waals surface area contributed by atoms with E-state index in [1.807, 2.05) is 13.0 Å². The van der Waals surface area contributed by atoms with E-state index in [0.29, 0.717) is 12.1 Å². The topological polar surface area (TPSA) is 73.1 Å². The maximum atomic E-state index is 11.7. The first-order valence-corrected chi connectivity index (χ1v) is 5.86. The van der Waals surface area contributed by atoms with Gasteiger partial charge in [-0.3, -0.25) is 4.79 Å². The van der Waals surface area contributed by atoms with Crippen LogP contribution in [0.1, 0.15) is 25.3 Å². The lowest BCUT2D eigenvalue weighted by molar-refractivity contribution is -0.117. The zero-order chi connectivity index (χ0) is 13.4. The van der Waals surface area contributed by atoms with Crippen molar-refractivity contribution in [1.29, 1.82) is 5.26 Å². The van der Waals surface area contributed by atoms with Gasteiger partial charge in [-0.2, -0.15) is 5.26 Å². The summed E-state index contributed by atoms with van der Waals surface area (Å²) in [6.07, 6.45) is 3.38. The molecule has 1 aromatic rings. The lowest BCUT2D eigenvalue weighted by atomic mass is 10.1. The Balaban J connectivity index is 2.74. The summed E-state index contributed by atoms with van der Waals surface area (Å²) in [4.78, 5) is 11.7. The molecule has 0 aromatic heterocycles. The summed E-state index contributed by atoms with van der Waals surface area (Å²) in [7, 11) is 0.